The third-order valence-electron chi connectivity index (χ3n) is 6.06. The van der Waals surface area contributed by atoms with Crippen LogP contribution in [0.3, 0.4) is 0 Å². The van der Waals surface area contributed by atoms with Gasteiger partial charge < -0.3 is 25.3 Å². The Morgan fingerprint density at radius 2 is 1.79 bits per heavy atom. The van der Waals surface area contributed by atoms with Gasteiger partial charge in [-0.1, -0.05) is 30.3 Å². The van der Waals surface area contributed by atoms with Gasteiger partial charge in [0, 0.05) is 6.42 Å². The van der Waals surface area contributed by atoms with Crippen LogP contribution in [-0.4, -0.2) is 96.2 Å². The maximum atomic E-state index is 13.2. The van der Waals surface area contributed by atoms with E-state index in [-0.39, 0.29) is 54.6 Å². The molecule has 3 aliphatic rings. The number of carboxylic acid groups (broad SMARTS) is 1. The molecule has 3 heterocycles. The number of benzene rings is 1. The Bertz CT molecular complexity index is 1310. The van der Waals surface area contributed by atoms with Gasteiger partial charge in [-0.05, 0) is 5.56 Å². The third kappa shape index (κ3) is 5.86. The van der Waals surface area contributed by atoms with E-state index in [0.29, 0.717) is 14.3 Å². The average molecular weight is 575 g/mol. The van der Waals surface area contributed by atoms with Crippen LogP contribution in [0.25, 0.3) is 0 Å². The monoisotopic (exact) mass is 575 g/mol. The van der Waals surface area contributed by atoms with Crippen molar-refractivity contribution in [2.24, 2.45) is 0 Å². The Morgan fingerprint density at radius 1 is 1.13 bits per heavy atom. The predicted octanol–water partition coefficient (Wildman–Crippen LogP) is -5.82. The van der Waals surface area contributed by atoms with Gasteiger partial charge in [0.15, 0.2) is 0 Å². The zero-order valence-electron chi connectivity index (χ0n) is 20.8. The molecule has 16 nitrogen and oxygen atoms in total. The summed E-state index contributed by atoms with van der Waals surface area (Å²) in [5.41, 5.74) is -2.23. The van der Waals surface area contributed by atoms with Crippen molar-refractivity contribution >= 4 is 45.8 Å². The summed E-state index contributed by atoms with van der Waals surface area (Å²) in [5, 5.41) is 16.8. The topological polar surface area (TPSA) is 212 Å². The number of carbonyl (C=O) groups is 6. The quantitative estimate of drug-likeness (QED) is 0.231. The van der Waals surface area contributed by atoms with E-state index in [2.05, 4.69) is 10.6 Å². The standard InChI is InChI=1S/C21H23N5O11S.Na/c1-38(34,35)25-10-9-24(20(25)33)19(32)23-15(12-5-3-2-4-6-12)16(28)22-13-11-36-26(17(13)29)21(18(30)31)8-7-14(27)37-21;/h2-6,13,15H,7-11H2,1H3,(H,22,28)(H,23,32)(H,30,31);/q;+1/p-1/t13-,15?,21?;/m0./s1. The SMILES string of the molecule is CS(=O)(=O)N1CCN(C(=O)NC(C(=O)N[C@H]2CON(C3(C(=O)[O-])CCC(=O)O3)C2=O)c2ccccc2)C1=O.[Na+]. The third-order valence-corrected chi connectivity index (χ3v) is 7.20. The van der Waals surface area contributed by atoms with E-state index in [1.54, 1.807) is 18.2 Å². The summed E-state index contributed by atoms with van der Waals surface area (Å²) in [7, 11) is -3.91. The van der Waals surface area contributed by atoms with Crippen molar-refractivity contribution in [1.29, 1.82) is 0 Å². The smallest absolute Gasteiger partial charge is 0.544 e. The summed E-state index contributed by atoms with van der Waals surface area (Å²) in [4.78, 5) is 80.5. The molecule has 2 unspecified atom stereocenters. The molecule has 0 spiro atoms. The summed E-state index contributed by atoms with van der Waals surface area (Å²) >= 11 is 0. The molecule has 0 radical (unpaired) electrons. The number of carboxylic acids is 1. The zero-order valence-corrected chi connectivity index (χ0v) is 23.6. The van der Waals surface area contributed by atoms with Gasteiger partial charge in [-0.15, -0.1) is 0 Å². The van der Waals surface area contributed by atoms with Crippen LogP contribution in [0.5, 0.6) is 0 Å². The van der Waals surface area contributed by atoms with Crippen molar-refractivity contribution in [1.82, 2.24) is 24.9 Å². The van der Waals surface area contributed by atoms with E-state index in [4.69, 9.17) is 9.57 Å². The van der Waals surface area contributed by atoms with Crippen LogP contribution in [0.1, 0.15) is 24.4 Å². The molecule has 18 heteroatoms. The fraction of sp³-hybridized carbons (Fsp3) is 0.429. The molecule has 204 valence electrons. The number of cyclic esters (lactones) is 1. The van der Waals surface area contributed by atoms with Crippen LogP contribution in [0, 0.1) is 0 Å². The Kier molecular flexibility index (Phi) is 8.91. The number of nitrogens with zero attached hydrogens (tertiary/aromatic N) is 3. The average Bonchev–Trinajstić information content (AvgIpc) is 3.55. The van der Waals surface area contributed by atoms with Crippen LogP contribution in [0.4, 0.5) is 9.59 Å². The van der Waals surface area contributed by atoms with Crippen molar-refractivity contribution < 1.29 is 81.4 Å². The molecule has 0 aromatic heterocycles. The van der Waals surface area contributed by atoms with Crippen molar-refractivity contribution in [2.45, 2.75) is 30.7 Å². The zero-order chi connectivity index (χ0) is 27.8. The second kappa shape index (κ2) is 11.5. The molecule has 3 aliphatic heterocycles. The van der Waals surface area contributed by atoms with Gasteiger partial charge in [0.25, 0.3) is 11.6 Å². The second-order valence-electron chi connectivity index (χ2n) is 8.60. The van der Waals surface area contributed by atoms with Gasteiger partial charge in [-0.2, -0.15) is 5.06 Å². The van der Waals surface area contributed by atoms with E-state index in [1.807, 2.05) is 0 Å². The van der Waals surface area contributed by atoms with Crippen LogP contribution < -0.4 is 45.3 Å². The molecule has 39 heavy (non-hydrogen) atoms. The summed E-state index contributed by atoms with van der Waals surface area (Å²) < 4.78 is 28.8. The minimum absolute atomic E-state index is 0. The Balaban J connectivity index is 0.00000420. The maximum absolute atomic E-state index is 13.2. The van der Waals surface area contributed by atoms with Gasteiger partial charge >= 0.3 is 47.6 Å². The molecule has 0 bridgehead atoms. The minimum Gasteiger partial charge on any atom is -0.544 e. The molecule has 3 fully saturated rings. The Hall–Kier alpha value is -3.25. The molecule has 2 N–H and O–H groups in total. The number of rotatable bonds is 7. The molecule has 6 amide bonds. The number of nitrogens with one attached hydrogen (secondary N) is 2. The van der Waals surface area contributed by atoms with Crippen molar-refractivity contribution in [3.8, 4) is 0 Å². The molecular formula is C21H22N5NaO11S. The van der Waals surface area contributed by atoms with E-state index in [0.717, 1.165) is 6.26 Å². The summed E-state index contributed by atoms with van der Waals surface area (Å²) in [6.07, 6.45) is 0.0947. The fourth-order valence-corrected chi connectivity index (χ4v) is 4.95. The molecule has 1 aromatic carbocycles. The van der Waals surface area contributed by atoms with Crippen LogP contribution >= 0.6 is 0 Å². The number of carbonyl (C=O) groups excluding carboxylic acids is 6. The largest absolute Gasteiger partial charge is 1.00 e. The number of ether oxygens (including phenoxy) is 1. The van der Waals surface area contributed by atoms with Crippen molar-refractivity contribution in [2.75, 3.05) is 26.0 Å². The van der Waals surface area contributed by atoms with Crippen molar-refractivity contribution in [3.63, 3.8) is 0 Å². The molecular weight excluding hydrogens is 553 g/mol. The molecule has 3 saturated heterocycles. The first-order valence-electron chi connectivity index (χ1n) is 11.2. The molecule has 4 rings (SSSR count). The second-order valence-corrected chi connectivity index (χ2v) is 10.5. The molecule has 0 saturated carbocycles. The number of urea groups is 2. The normalized spacial score (nSPS) is 23.8. The number of sulfonamides is 1. The first kappa shape index (κ1) is 30.3. The van der Waals surface area contributed by atoms with Gasteiger partial charge in [-0.3, -0.25) is 19.2 Å². The first-order chi connectivity index (χ1) is 17.8. The molecule has 3 atom stereocenters. The van der Waals surface area contributed by atoms with Gasteiger partial charge in [0.1, 0.15) is 24.7 Å². The van der Waals surface area contributed by atoms with Gasteiger partial charge in [0.05, 0.1) is 25.8 Å². The van der Waals surface area contributed by atoms with E-state index >= 15 is 0 Å². The van der Waals surface area contributed by atoms with Crippen molar-refractivity contribution in [3.05, 3.63) is 35.9 Å². The summed E-state index contributed by atoms with van der Waals surface area (Å²) in [6.45, 7) is -1.03. The number of hydroxylamine groups is 2. The first-order valence-corrected chi connectivity index (χ1v) is 13.1. The van der Waals surface area contributed by atoms with Crippen LogP contribution in [0.2, 0.25) is 0 Å². The van der Waals surface area contributed by atoms with E-state index < -0.39 is 76.7 Å². The fourth-order valence-electron chi connectivity index (χ4n) is 4.16. The van der Waals surface area contributed by atoms with Crippen LogP contribution in [-0.2, 0) is 38.8 Å². The van der Waals surface area contributed by atoms with E-state index in [1.165, 1.54) is 12.1 Å². The number of amides is 6. The number of esters is 1. The summed E-state index contributed by atoms with van der Waals surface area (Å²) in [5.74, 6) is -4.72. The number of imide groups is 1. The summed E-state index contributed by atoms with van der Waals surface area (Å²) in [6, 6.07) is 2.72. The number of aliphatic carboxylic acids is 1. The number of hydrogen-bond donors (Lipinski definition) is 2. The maximum Gasteiger partial charge on any atom is 1.00 e. The van der Waals surface area contributed by atoms with Gasteiger partial charge in [-0.25, -0.2) is 27.2 Å². The molecule has 1 aromatic rings. The number of hydrogen-bond acceptors (Lipinski definition) is 11. The predicted molar refractivity (Wildman–Crippen MR) is 119 cm³/mol. The van der Waals surface area contributed by atoms with E-state index in [9.17, 15) is 42.3 Å². The molecule has 0 aliphatic carbocycles. The Labute approximate surface area is 243 Å². The Morgan fingerprint density at radius 3 is 2.33 bits per heavy atom. The van der Waals surface area contributed by atoms with Crippen LogP contribution in [0.15, 0.2) is 30.3 Å². The minimum atomic E-state index is -3.91. The van der Waals surface area contributed by atoms with Gasteiger partial charge in [0.2, 0.25) is 15.9 Å².